The average molecular weight is 508 g/mol. The van der Waals surface area contributed by atoms with Crippen LogP contribution in [0.1, 0.15) is 61.3 Å². The maximum Gasteiger partial charge on any atom is 0.306 e. The first-order chi connectivity index (χ1) is 18.2. The number of nitrogens with zero attached hydrogens (tertiary/aromatic N) is 2. The van der Waals surface area contributed by atoms with E-state index in [1.165, 1.54) is 31.2 Å². The number of anilines is 1. The molecule has 2 fully saturated rings. The molecule has 0 unspecified atom stereocenters. The zero-order chi connectivity index (χ0) is 25.5. The van der Waals surface area contributed by atoms with Crippen LogP contribution in [0, 0.1) is 5.92 Å². The first-order valence-electron chi connectivity index (χ1n) is 14.0. The van der Waals surface area contributed by atoms with Crippen molar-refractivity contribution in [2.45, 2.75) is 63.4 Å². The summed E-state index contributed by atoms with van der Waals surface area (Å²) in [6.45, 7) is 5.41. The summed E-state index contributed by atoms with van der Waals surface area (Å²) in [5.41, 5.74) is 3.67. The minimum atomic E-state index is -0.168. The van der Waals surface area contributed by atoms with Crippen molar-refractivity contribution in [1.82, 2.24) is 9.88 Å². The number of hydrogen-bond acceptors (Lipinski definition) is 7. The van der Waals surface area contributed by atoms with Crippen molar-refractivity contribution >= 4 is 11.8 Å². The van der Waals surface area contributed by atoms with Crippen LogP contribution < -0.4 is 10.1 Å². The number of nitrogens with one attached hydrogen (secondary N) is 1. The van der Waals surface area contributed by atoms with Crippen LogP contribution in [0.2, 0.25) is 0 Å². The highest BCUT2D eigenvalue weighted by Crippen LogP contribution is 2.30. The van der Waals surface area contributed by atoms with Crippen LogP contribution in [0.15, 0.2) is 36.4 Å². The Balaban J connectivity index is 1.16. The zero-order valence-corrected chi connectivity index (χ0v) is 22.1. The van der Waals surface area contributed by atoms with Gasteiger partial charge >= 0.3 is 5.97 Å². The van der Waals surface area contributed by atoms with E-state index < -0.39 is 0 Å². The number of aryl methyl sites for hydroxylation is 2. The fraction of sp³-hybridized carbons (Fsp3) is 0.600. The van der Waals surface area contributed by atoms with Crippen molar-refractivity contribution < 1.29 is 19.0 Å². The molecule has 4 heterocycles. The van der Waals surface area contributed by atoms with Gasteiger partial charge in [-0.05, 0) is 86.7 Å². The minimum absolute atomic E-state index is 0.0749. The molecule has 0 aliphatic carbocycles. The molecule has 37 heavy (non-hydrogen) atoms. The van der Waals surface area contributed by atoms with Gasteiger partial charge in [0.2, 0.25) is 0 Å². The molecule has 7 heteroatoms. The van der Waals surface area contributed by atoms with Gasteiger partial charge in [-0.1, -0.05) is 18.2 Å². The number of likely N-dealkylation sites (tertiary alicyclic amines) is 1. The number of benzene rings is 1. The lowest BCUT2D eigenvalue weighted by Gasteiger charge is -2.24. The third-order valence-electron chi connectivity index (χ3n) is 8.04. The van der Waals surface area contributed by atoms with Crippen LogP contribution >= 0.6 is 0 Å². The van der Waals surface area contributed by atoms with Crippen LogP contribution in [-0.2, 0) is 27.1 Å². The Kier molecular flexibility index (Phi) is 8.95. The van der Waals surface area contributed by atoms with Gasteiger partial charge in [-0.2, -0.15) is 0 Å². The molecule has 0 amide bonds. The van der Waals surface area contributed by atoms with Crippen molar-refractivity contribution in [1.29, 1.82) is 0 Å². The van der Waals surface area contributed by atoms with E-state index in [9.17, 15) is 4.79 Å². The van der Waals surface area contributed by atoms with E-state index in [0.717, 1.165) is 82.0 Å². The maximum atomic E-state index is 12.3. The smallest absolute Gasteiger partial charge is 0.306 e. The average Bonchev–Trinajstić information content (AvgIpc) is 3.62. The van der Waals surface area contributed by atoms with Gasteiger partial charge < -0.3 is 24.4 Å². The highest BCUT2D eigenvalue weighted by atomic mass is 16.5. The molecule has 1 N–H and O–H groups in total. The number of ether oxygens (including phenoxy) is 3. The van der Waals surface area contributed by atoms with Gasteiger partial charge in [-0.15, -0.1) is 0 Å². The summed E-state index contributed by atoms with van der Waals surface area (Å²) in [5, 5.41) is 3.45. The SMILES string of the molecule is COC(=O)C[C@H](CN1CC[C@@H](CCc2ccc3c(n2)NCCC3)C1)c1cccc(OC[C@@H]2CCCO2)c1. The summed E-state index contributed by atoms with van der Waals surface area (Å²) >= 11 is 0. The summed E-state index contributed by atoms with van der Waals surface area (Å²) in [6, 6.07) is 12.7. The van der Waals surface area contributed by atoms with E-state index in [0.29, 0.717) is 18.9 Å². The lowest BCUT2D eigenvalue weighted by molar-refractivity contribution is -0.141. The molecule has 2 saturated heterocycles. The first kappa shape index (κ1) is 26.0. The Morgan fingerprint density at radius 1 is 1.24 bits per heavy atom. The van der Waals surface area contributed by atoms with Crippen molar-refractivity contribution in [3.8, 4) is 5.75 Å². The van der Waals surface area contributed by atoms with Crippen LogP contribution in [0.4, 0.5) is 5.82 Å². The van der Waals surface area contributed by atoms with Crippen molar-refractivity contribution in [2.24, 2.45) is 5.92 Å². The second kappa shape index (κ2) is 12.7. The Hall–Kier alpha value is -2.64. The number of hydrogen-bond donors (Lipinski definition) is 1. The molecule has 3 atom stereocenters. The quantitative estimate of drug-likeness (QED) is 0.446. The largest absolute Gasteiger partial charge is 0.491 e. The number of carbonyl (C=O) groups excluding carboxylic acids is 1. The first-order valence-corrected chi connectivity index (χ1v) is 14.0. The third-order valence-corrected chi connectivity index (χ3v) is 8.04. The van der Waals surface area contributed by atoms with Crippen molar-refractivity contribution in [3.63, 3.8) is 0 Å². The summed E-state index contributed by atoms with van der Waals surface area (Å²) < 4.78 is 16.8. The number of fused-ring (bicyclic) bond motifs is 1. The molecule has 2 aromatic rings. The number of esters is 1. The monoisotopic (exact) mass is 507 g/mol. The third kappa shape index (κ3) is 7.23. The molecule has 0 spiro atoms. The Bertz CT molecular complexity index is 1040. The highest BCUT2D eigenvalue weighted by Gasteiger charge is 2.27. The molecule has 0 bridgehead atoms. The normalized spacial score (nSPS) is 22.3. The molecule has 3 aliphatic heterocycles. The van der Waals surface area contributed by atoms with Gasteiger partial charge in [0.15, 0.2) is 0 Å². The van der Waals surface area contributed by atoms with Crippen LogP contribution in [0.25, 0.3) is 0 Å². The molecule has 3 aliphatic rings. The Labute approximate surface area is 220 Å². The van der Waals surface area contributed by atoms with E-state index in [4.69, 9.17) is 19.2 Å². The maximum absolute atomic E-state index is 12.3. The number of methoxy groups -OCH3 is 1. The van der Waals surface area contributed by atoms with E-state index in [-0.39, 0.29) is 18.0 Å². The lowest BCUT2D eigenvalue weighted by Crippen LogP contribution is -2.28. The summed E-state index contributed by atoms with van der Waals surface area (Å²) in [5.74, 6) is 2.49. The molecule has 1 aromatic carbocycles. The summed E-state index contributed by atoms with van der Waals surface area (Å²) in [4.78, 5) is 19.7. The van der Waals surface area contributed by atoms with E-state index >= 15 is 0 Å². The number of pyridine rings is 1. The Morgan fingerprint density at radius 2 is 2.19 bits per heavy atom. The second-order valence-electron chi connectivity index (χ2n) is 10.8. The van der Waals surface area contributed by atoms with Gasteiger partial charge in [-0.25, -0.2) is 4.98 Å². The molecule has 7 nitrogen and oxygen atoms in total. The minimum Gasteiger partial charge on any atom is -0.491 e. The number of carbonyl (C=O) groups is 1. The van der Waals surface area contributed by atoms with E-state index in [2.05, 4.69) is 34.5 Å². The lowest BCUT2D eigenvalue weighted by atomic mass is 9.94. The van der Waals surface area contributed by atoms with Gasteiger partial charge in [0.05, 0.1) is 19.6 Å². The fourth-order valence-corrected chi connectivity index (χ4v) is 5.88. The molecular weight excluding hydrogens is 466 g/mol. The van der Waals surface area contributed by atoms with Crippen molar-refractivity contribution in [3.05, 3.63) is 53.2 Å². The van der Waals surface area contributed by atoms with Gasteiger partial charge in [0, 0.05) is 37.9 Å². The van der Waals surface area contributed by atoms with E-state index in [1.807, 2.05) is 12.1 Å². The van der Waals surface area contributed by atoms with Crippen LogP contribution in [-0.4, -0.2) is 68.5 Å². The molecule has 5 rings (SSSR count). The second-order valence-corrected chi connectivity index (χ2v) is 10.8. The highest BCUT2D eigenvalue weighted by molar-refractivity contribution is 5.70. The summed E-state index contributed by atoms with van der Waals surface area (Å²) in [7, 11) is 1.47. The van der Waals surface area contributed by atoms with E-state index in [1.54, 1.807) is 0 Å². The predicted octanol–water partition coefficient (Wildman–Crippen LogP) is 4.60. The molecular formula is C30H41N3O4. The van der Waals surface area contributed by atoms with Gasteiger partial charge in [0.1, 0.15) is 18.2 Å². The van der Waals surface area contributed by atoms with Crippen LogP contribution in [0.3, 0.4) is 0 Å². The standard InChI is InChI=1S/C30H41N3O4/c1-35-29(34)18-25(24-5-2-7-27(17-24)37-21-28-8-4-16-36-28)20-33-15-13-22(19-33)9-11-26-12-10-23-6-3-14-31-30(23)32-26/h2,5,7,10,12,17,22,25,28H,3-4,6,8-9,11,13-16,18-21H2,1H3,(H,31,32)/t22-,25-,28+/m1/s1. The number of aromatic nitrogens is 1. The molecule has 1 aromatic heterocycles. The molecule has 0 saturated carbocycles. The predicted molar refractivity (Wildman–Crippen MR) is 144 cm³/mol. The van der Waals surface area contributed by atoms with Crippen molar-refractivity contribution in [2.75, 3.05) is 51.8 Å². The summed E-state index contributed by atoms with van der Waals surface area (Å²) in [6.07, 6.45) is 8.40. The topological polar surface area (TPSA) is 72.9 Å². The van der Waals surface area contributed by atoms with Gasteiger partial charge in [-0.3, -0.25) is 4.79 Å². The van der Waals surface area contributed by atoms with Gasteiger partial charge in [0.25, 0.3) is 0 Å². The fourth-order valence-electron chi connectivity index (χ4n) is 5.88. The zero-order valence-electron chi connectivity index (χ0n) is 22.1. The molecule has 200 valence electrons. The number of rotatable bonds is 11. The van der Waals surface area contributed by atoms with Crippen LogP contribution in [0.5, 0.6) is 5.75 Å². The molecule has 0 radical (unpaired) electrons. The Morgan fingerprint density at radius 3 is 3.05 bits per heavy atom.